The molecule has 2 saturated carbocycles. The largest absolute Gasteiger partial charge is 4.00 e. The third kappa shape index (κ3) is 10.7. The van der Waals surface area contributed by atoms with Crippen molar-refractivity contribution in [3.8, 4) is 0 Å². The molecule has 0 aliphatic heterocycles. The van der Waals surface area contributed by atoms with Crippen LogP contribution in [0.1, 0.15) is 47.2 Å². The minimum Gasteiger partial charge on any atom is -0.664 e. The number of fused-ring (bicyclic) bond motifs is 3. The van der Waals surface area contributed by atoms with Crippen molar-refractivity contribution in [1.82, 2.24) is 0 Å². The second kappa shape index (κ2) is 20.0. The van der Waals surface area contributed by atoms with E-state index in [0.717, 1.165) is 45.9 Å². The molecule has 3 aromatic rings. The van der Waals surface area contributed by atoms with Crippen LogP contribution in [0.2, 0.25) is 0 Å². The van der Waals surface area contributed by atoms with E-state index < -0.39 is 5.91 Å². The van der Waals surface area contributed by atoms with Gasteiger partial charge in [0.05, 0.1) is 5.91 Å². The van der Waals surface area contributed by atoms with Gasteiger partial charge in [0.25, 0.3) is 0 Å². The van der Waals surface area contributed by atoms with Gasteiger partial charge >= 0.3 is 21.7 Å². The maximum Gasteiger partial charge on any atom is 4.00 e. The van der Waals surface area contributed by atoms with Gasteiger partial charge in [-0.3, -0.25) is 0 Å². The van der Waals surface area contributed by atoms with E-state index in [2.05, 4.69) is 68.1 Å². The number of rotatable bonds is 4. The van der Waals surface area contributed by atoms with E-state index in [0.29, 0.717) is 5.56 Å². The van der Waals surface area contributed by atoms with Crippen LogP contribution < -0.4 is 0 Å². The molecule has 1 amide bonds. The van der Waals surface area contributed by atoms with Gasteiger partial charge in [-0.1, -0.05) is 154 Å². The van der Waals surface area contributed by atoms with Crippen LogP contribution in [-0.2, 0) is 21.7 Å². The first kappa shape index (κ1) is 39.0. The van der Waals surface area contributed by atoms with Crippen LogP contribution in [0.3, 0.4) is 0 Å². The molecule has 0 saturated heterocycles. The summed E-state index contributed by atoms with van der Waals surface area (Å²) < 4.78 is 0. The Labute approximate surface area is 274 Å². The maximum absolute atomic E-state index is 10.3. The van der Waals surface area contributed by atoms with Gasteiger partial charge in [-0.25, -0.2) is 0 Å². The Hall–Kier alpha value is -2.98. The first-order chi connectivity index (χ1) is 18.5. The summed E-state index contributed by atoms with van der Waals surface area (Å²) in [5, 5.41) is 0. The fraction of sp³-hybridized carbons (Fsp3) is 0.211. The Kier molecular flexibility index (Phi) is 18.6. The molecule has 6 rings (SSSR count). The van der Waals surface area contributed by atoms with Crippen LogP contribution in [0.25, 0.3) is 16.9 Å². The summed E-state index contributed by atoms with van der Waals surface area (Å²) in [7, 11) is 0. The predicted octanol–water partition coefficient (Wildman–Crippen LogP) is 9.11. The van der Waals surface area contributed by atoms with E-state index >= 15 is 0 Å². The molecule has 0 spiro atoms. The predicted molar refractivity (Wildman–Crippen MR) is 185 cm³/mol. The van der Waals surface area contributed by atoms with Crippen molar-refractivity contribution < 1.29 is 26.5 Å². The van der Waals surface area contributed by atoms with E-state index in [9.17, 15) is 4.79 Å². The summed E-state index contributed by atoms with van der Waals surface area (Å²) in [5.41, 5.74) is 11.3. The summed E-state index contributed by atoms with van der Waals surface area (Å²) in [4.78, 5) is 10.3. The Morgan fingerprint density at radius 1 is 0.690 bits per heavy atom. The molecule has 4 unspecified atom stereocenters. The van der Waals surface area contributed by atoms with Crippen molar-refractivity contribution in [1.29, 1.82) is 0 Å². The average molecular weight is 610 g/mol. The molecule has 3 aliphatic carbocycles. The van der Waals surface area contributed by atoms with Gasteiger partial charge in [-0.2, -0.15) is 5.92 Å². The number of amides is 1. The van der Waals surface area contributed by atoms with Crippen molar-refractivity contribution in [2.24, 2.45) is 23.7 Å². The Balaban J connectivity index is 0.000000592. The van der Waals surface area contributed by atoms with E-state index in [1.165, 1.54) is 25.7 Å². The second-order valence-corrected chi connectivity index (χ2v) is 10.1. The molecule has 3 aromatic carbocycles. The smallest absolute Gasteiger partial charge is 0.664 e. The van der Waals surface area contributed by atoms with Gasteiger partial charge in [-0.05, 0) is 44.7 Å². The number of hydrogen-bond acceptors (Lipinski definition) is 1. The van der Waals surface area contributed by atoms with Crippen molar-refractivity contribution in [2.45, 2.75) is 25.7 Å². The van der Waals surface area contributed by atoms with E-state index in [1.807, 2.05) is 42.5 Å². The van der Waals surface area contributed by atoms with Gasteiger partial charge in [0.1, 0.15) is 0 Å². The minimum atomic E-state index is -0.629. The van der Waals surface area contributed by atoms with Crippen molar-refractivity contribution >= 4 is 28.0 Å². The number of nitrogens with one attached hydrogen (secondary N) is 1. The van der Waals surface area contributed by atoms with E-state index in [1.54, 1.807) is 24.3 Å². The fourth-order valence-corrected chi connectivity index (χ4v) is 5.67. The fourth-order valence-electron chi connectivity index (χ4n) is 5.67. The zero-order valence-corrected chi connectivity index (χ0v) is 26.1. The number of carbonyl (C=O) groups is 1. The van der Waals surface area contributed by atoms with Crippen molar-refractivity contribution in [3.05, 3.63) is 172 Å². The SMILES string of the molecule is C1=CC2[CH-]C3CCCCC3C2C=C1.C=C(C(=C)c1ccccc1)c1ccccc1.[CH3-].[CH3-].[NH-]C(=O)c1ccccc1.[SiH4].[Ti+4]. The molecule has 0 aromatic heterocycles. The molecule has 42 heavy (non-hydrogen) atoms. The Bertz CT molecular complexity index is 1220. The summed E-state index contributed by atoms with van der Waals surface area (Å²) in [5.74, 6) is 2.93. The van der Waals surface area contributed by atoms with Crippen LogP contribution in [0.15, 0.2) is 128 Å². The molecular formula is C38H47NOSiTi. The summed E-state index contributed by atoms with van der Waals surface area (Å²) in [6.07, 6.45) is 17.8. The summed E-state index contributed by atoms with van der Waals surface area (Å²) in [6, 6.07) is 28.8. The Morgan fingerprint density at radius 3 is 1.57 bits per heavy atom. The monoisotopic (exact) mass is 609 g/mol. The van der Waals surface area contributed by atoms with Crippen LogP contribution in [0.5, 0.6) is 0 Å². The van der Waals surface area contributed by atoms with Crippen LogP contribution in [-0.4, -0.2) is 16.9 Å². The first-order valence-electron chi connectivity index (χ1n) is 13.5. The molecule has 1 N–H and O–H groups in total. The molecule has 218 valence electrons. The summed E-state index contributed by atoms with van der Waals surface area (Å²) >= 11 is 0. The van der Waals surface area contributed by atoms with Gasteiger partial charge < -0.3 is 31.8 Å². The topological polar surface area (TPSA) is 40.9 Å². The Morgan fingerprint density at radius 2 is 1.12 bits per heavy atom. The third-order valence-corrected chi connectivity index (χ3v) is 7.71. The number of benzene rings is 3. The molecule has 0 bridgehead atoms. The molecule has 2 fully saturated rings. The van der Waals surface area contributed by atoms with Crippen LogP contribution in [0.4, 0.5) is 0 Å². The van der Waals surface area contributed by atoms with Crippen molar-refractivity contribution in [3.63, 3.8) is 0 Å². The van der Waals surface area contributed by atoms with Crippen LogP contribution >= 0.6 is 0 Å². The van der Waals surface area contributed by atoms with E-state index in [4.69, 9.17) is 5.73 Å². The number of hydrogen-bond donors (Lipinski definition) is 0. The van der Waals surface area contributed by atoms with Crippen molar-refractivity contribution in [2.75, 3.05) is 0 Å². The number of allylic oxidation sites excluding steroid dienone is 6. The van der Waals surface area contributed by atoms with E-state index in [-0.39, 0.29) is 47.5 Å². The molecule has 0 heterocycles. The van der Waals surface area contributed by atoms with Gasteiger partial charge in [0, 0.05) is 0 Å². The quantitative estimate of drug-likeness (QED) is 0.165. The first-order valence-corrected chi connectivity index (χ1v) is 13.5. The average Bonchev–Trinajstić information content (AvgIpc) is 3.37. The normalized spacial score (nSPS) is 20.3. The molecule has 4 atom stereocenters. The molecule has 2 nitrogen and oxygen atoms in total. The standard InChI is InChI=1S/C16H14.C13H17.C7H7NO.2CH3.H4Si.Ti/c1-13(15-9-5-3-6-10-15)14(2)16-11-7-4-8-12-16;1-3-7-12-10(5-1)9-11-6-2-4-8-13(11)12;8-7(9)6-4-2-1-3-5-6;;;;/h3-12H,1-2H2;1,3,5,7,9-13H,2,4,6,8H2;1-5H,(H2,8,9);2*1H3;1H4;/q;-1;;2*-1;;+4/p-1. The third-order valence-electron chi connectivity index (χ3n) is 7.71. The van der Waals surface area contributed by atoms with Crippen LogP contribution in [0, 0.1) is 44.9 Å². The second-order valence-electron chi connectivity index (χ2n) is 10.1. The van der Waals surface area contributed by atoms with Gasteiger partial charge in [0.15, 0.2) is 0 Å². The molecule has 4 heteroatoms. The summed E-state index contributed by atoms with van der Waals surface area (Å²) in [6.45, 7) is 8.20. The molecule has 3 aliphatic rings. The minimum absolute atomic E-state index is 0. The zero-order valence-electron chi connectivity index (χ0n) is 24.5. The molecule has 0 radical (unpaired) electrons. The molecular weight excluding hydrogens is 562 g/mol. The van der Waals surface area contributed by atoms with Gasteiger partial charge in [-0.15, -0.1) is 12.0 Å². The number of carbonyl (C=O) groups excluding carboxylic acids is 1. The van der Waals surface area contributed by atoms with Gasteiger partial charge in [0.2, 0.25) is 0 Å². The maximum atomic E-state index is 10.3. The zero-order chi connectivity index (χ0) is 26.7.